The van der Waals surface area contributed by atoms with Gasteiger partial charge in [0.1, 0.15) is 6.10 Å². The zero-order valence-corrected chi connectivity index (χ0v) is 9.98. The third kappa shape index (κ3) is 3.41. The maximum atomic E-state index is 10.7. The van der Waals surface area contributed by atoms with Gasteiger partial charge in [-0.2, -0.15) is 0 Å². The number of benzene rings is 1. The van der Waals surface area contributed by atoms with Crippen molar-refractivity contribution in [2.75, 3.05) is 13.6 Å². The van der Waals surface area contributed by atoms with E-state index in [2.05, 4.69) is 5.32 Å². The highest BCUT2D eigenvalue weighted by Gasteiger charge is 2.20. The van der Waals surface area contributed by atoms with Gasteiger partial charge in [0.15, 0.2) is 0 Å². The third-order valence-electron chi connectivity index (χ3n) is 2.34. The van der Waals surface area contributed by atoms with Crippen molar-refractivity contribution >= 4 is 17.6 Å². The third-order valence-corrected chi connectivity index (χ3v) is 2.67. The molecule has 0 heterocycles. The van der Waals surface area contributed by atoms with Crippen LogP contribution in [0.25, 0.3) is 0 Å². The van der Waals surface area contributed by atoms with Crippen LogP contribution in [-0.2, 0) is 0 Å². The Balaban J connectivity index is 2.95. The van der Waals surface area contributed by atoms with Crippen LogP contribution in [0.5, 0.6) is 0 Å². The van der Waals surface area contributed by atoms with E-state index in [1.54, 1.807) is 7.05 Å². The lowest BCUT2D eigenvalue weighted by molar-refractivity contribution is 0.0203. The van der Waals surface area contributed by atoms with Crippen LogP contribution >= 0.6 is 11.6 Å². The molecular weight excluding hydrogens is 246 g/mol. The number of hydrogen-bond donors (Lipinski definition) is 4. The molecule has 0 fully saturated rings. The Hall–Kier alpha value is -1.14. The van der Waals surface area contributed by atoms with Crippen LogP contribution in [0.15, 0.2) is 18.2 Å². The van der Waals surface area contributed by atoms with E-state index in [0.29, 0.717) is 5.56 Å². The number of carboxylic acids is 1. The van der Waals surface area contributed by atoms with E-state index in [-0.39, 0.29) is 17.1 Å². The minimum Gasteiger partial charge on any atom is -0.478 e. The molecule has 0 aromatic heterocycles. The second kappa shape index (κ2) is 5.97. The number of aromatic carboxylic acids is 1. The van der Waals surface area contributed by atoms with Crippen molar-refractivity contribution in [1.29, 1.82) is 0 Å². The van der Waals surface area contributed by atoms with Gasteiger partial charge in [0, 0.05) is 17.1 Å². The summed E-state index contributed by atoms with van der Waals surface area (Å²) in [5.74, 6) is -1.09. The number of rotatable bonds is 5. The van der Waals surface area contributed by atoms with E-state index >= 15 is 0 Å². The molecule has 4 N–H and O–H groups in total. The molecule has 0 aliphatic rings. The lowest BCUT2D eigenvalue weighted by Crippen LogP contribution is -2.29. The van der Waals surface area contributed by atoms with Crippen LogP contribution in [-0.4, -0.2) is 41.0 Å². The number of hydrogen-bond acceptors (Lipinski definition) is 4. The maximum absolute atomic E-state index is 10.7. The molecule has 2 atom stereocenters. The summed E-state index contributed by atoms with van der Waals surface area (Å²) in [6.45, 7) is 0.207. The standard InChI is InChI=1S/C11H14ClNO4/c1-13-5-9(14)10(15)7-3-2-6(11(16)17)4-8(7)12/h2-4,9-10,13-15H,5H2,1H3,(H,16,17). The van der Waals surface area contributed by atoms with Crippen LogP contribution < -0.4 is 5.32 Å². The molecular formula is C11H14ClNO4. The van der Waals surface area contributed by atoms with Gasteiger partial charge in [0.05, 0.1) is 11.7 Å². The quantitative estimate of drug-likeness (QED) is 0.624. The van der Waals surface area contributed by atoms with Crippen LogP contribution in [0.3, 0.4) is 0 Å². The molecule has 0 bridgehead atoms. The number of likely N-dealkylation sites (N-methyl/N-ethyl adjacent to an activating group) is 1. The molecule has 5 nitrogen and oxygen atoms in total. The highest BCUT2D eigenvalue weighted by Crippen LogP contribution is 2.26. The van der Waals surface area contributed by atoms with Gasteiger partial charge in [-0.15, -0.1) is 0 Å². The Morgan fingerprint density at radius 3 is 2.59 bits per heavy atom. The van der Waals surface area contributed by atoms with Crippen molar-refractivity contribution in [1.82, 2.24) is 5.32 Å². The minimum atomic E-state index is -1.15. The topological polar surface area (TPSA) is 89.8 Å². The summed E-state index contributed by atoms with van der Waals surface area (Å²) in [6, 6.07) is 3.97. The second-order valence-corrected chi connectivity index (χ2v) is 4.02. The van der Waals surface area contributed by atoms with E-state index in [1.807, 2.05) is 0 Å². The Bertz CT molecular complexity index is 410. The van der Waals surface area contributed by atoms with Crippen LogP contribution in [0.4, 0.5) is 0 Å². The highest BCUT2D eigenvalue weighted by molar-refractivity contribution is 6.31. The fourth-order valence-electron chi connectivity index (χ4n) is 1.43. The van der Waals surface area contributed by atoms with E-state index in [0.717, 1.165) is 0 Å². The molecule has 0 saturated carbocycles. The molecule has 6 heteroatoms. The summed E-state index contributed by atoms with van der Waals surface area (Å²) >= 11 is 5.86. The largest absolute Gasteiger partial charge is 0.478 e. The van der Waals surface area contributed by atoms with E-state index in [9.17, 15) is 15.0 Å². The zero-order valence-electron chi connectivity index (χ0n) is 9.22. The summed E-state index contributed by atoms with van der Waals surface area (Å²) in [7, 11) is 1.64. The predicted molar refractivity (Wildman–Crippen MR) is 63.3 cm³/mol. The number of halogens is 1. The van der Waals surface area contributed by atoms with Crippen molar-refractivity contribution < 1.29 is 20.1 Å². The van der Waals surface area contributed by atoms with Crippen LogP contribution in [0.2, 0.25) is 5.02 Å². The minimum absolute atomic E-state index is 0.0362. The molecule has 0 spiro atoms. The number of aliphatic hydroxyl groups is 2. The Morgan fingerprint density at radius 1 is 1.47 bits per heavy atom. The Morgan fingerprint density at radius 2 is 2.12 bits per heavy atom. The SMILES string of the molecule is CNCC(O)C(O)c1ccc(C(=O)O)cc1Cl. The van der Waals surface area contributed by atoms with Crippen molar-refractivity contribution in [2.45, 2.75) is 12.2 Å². The van der Waals surface area contributed by atoms with Crippen LogP contribution in [0.1, 0.15) is 22.0 Å². The predicted octanol–water partition coefficient (Wildman–Crippen LogP) is 0.652. The Kier molecular flexibility index (Phi) is 4.89. The van der Waals surface area contributed by atoms with Gasteiger partial charge in [0.2, 0.25) is 0 Å². The first kappa shape index (κ1) is 13.9. The van der Waals surface area contributed by atoms with Crippen molar-refractivity contribution in [2.24, 2.45) is 0 Å². The summed E-state index contributed by atoms with van der Waals surface area (Å²) in [5.41, 5.74) is 0.341. The van der Waals surface area contributed by atoms with Gasteiger partial charge >= 0.3 is 5.97 Å². The molecule has 1 rings (SSSR count). The van der Waals surface area contributed by atoms with E-state index in [1.165, 1.54) is 18.2 Å². The van der Waals surface area contributed by atoms with Crippen molar-refractivity contribution in [3.8, 4) is 0 Å². The molecule has 0 aliphatic heterocycles. The van der Waals surface area contributed by atoms with Crippen LogP contribution in [0, 0.1) is 0 Å². The number of aliphatic hydroxyl groups excluding tert-OH is 2. The first-order valence-corrected chi connectivity index (χ1v) is 5.38. The first-order chi connectivity index (χ1) is 7.97. The van der Waals surface area contributed by atoms with Gasteiger partial charge in [-0.1, -0.05) is 17.7 Å². The average molecular weight is 260 g/mol. The molecule has 1 aromatic rings. The fourth-order valence-corrected chi connectivity index (χ4v) is 1.72. The maximum Gasteiger partial charge on any atom is 0.335 e. The monoisotopic (exact) mass is 259 g/mol. The summed E-state index contributed by atoms with van der Waals surface area (Å²) < 4.78 is 0. The normalized spacial score (nSPS) is 14.4. The molecule has 0 radical (unpaired) electrons. The smallest absolute Gasteiger partial charge is 0.335 e. The number of carboxylic acid groups (broad SMARTS) is 1. The van der Waals surface area contributed by atoms with Crippen molar-refractivity contribution in [3.63, 3.8) is 0 Å². The molecule has 17 heavy (non-hydrogen) atoms. The van der Waals surface area contributed by atoms with Gasteiger partial charge in [-0.3, -0.25) is 0 Å². The summed E-state index contributed by atoms with van der Waals surface area (Å²) in [4.78, 5) is 10.7. The van der Waals surface area contributed by atoms with E-state index < -0.39 is 18.2 Å². The fraction of sp³-hybridized carbons (Fsp3) is 0.364. The van der Waals surface area contributed by atoms with E-state index in [4.69, 9.17) is 16.7 Å². The number of nitrogens with one attached hydrogen (secondary N) is 1. The summed E-state index contributed by atoms with van der Waals surface area (Å²) in [6.07, 6.45) is -2.16. The molecule has 2 unspecified atom stereocenters. The molecule has 1 aromatic carbocycles. The number of carbonyl (C=O) groups is 1. The lowest BCUT2D eigenvalue weighted by atomic mass is 10.0. The highest BCUT2D eigenvalue weighted by atomic mass is 35.5. The first-order valence-electron chi connectivity index (χ1n) is 5.00. The zero-order chi connectivity index (χ0) is 13.0. The summed E-state index contributed by atoms with van der Waals surface area (Å²) in [5, 5.41) is 31.0. The molecule has 0 saturated heterocycles. The molecule has 94 valence electrons. The molecule has 0 amide bonds. The molecule has 0 aliphatic carbocycles. The van der Waals surface area contributed by atoms with Gasteiger partial charge < -0.3 is 20.6 Å². The lowest BCUT2D eigenvalue weighted by Gasteiger charge is -2.19. The van der Waals surface area contributed by atoms with Gasteiger partial charge in [0.25, 0.3) is 0 Å². The van der Waals surface area contributed by atoms with Gasteiger partial charge in [-0.25, -0.2) is 4.79 Å². The van der Waals surface area contributed by atoms with Gasteiger partial charge in [-0.05, 0) is 19.2 Å². The average Bonchev–Trinajstić information content (AvgIpc) is 2.28. The Labute approximate surface area is 104 Å². The second-order valence-electron chi connectivity index (χ2n) is 3.61. The van der Waals surface area contributed by atoms with Crippen molar-refractivity contribution in [3.05, 3.63) is 34.3 Å².